The van der Waals surface area contributed by atoms with Crippen LogP contribution < -0.4 is 5.32 Å². The second kappa shape index (κ2) is 7.36. The van der Waals surface area contributed by atoms with Gasteiger partial charge in [0, 0.05) is 12.2 Å². The highest BCUT2D eigenvalue weighted by molar-refractivity contribution is 5.39. The zero-order chi connectivity index (χ0) is 14.3. The van der Waals surface area contributed by atoms with Crippen LogP contribution in [0.4, 0.5) is 19.0 Å². The Hall–Kier alpha value is -1.26. The molecule has 0 amide bonds. The third-order valence-corrected chi connectivity index (χ3v) is 2.97. The number of pyridine rings is 1. The van der Waals surface area contributed by atoms with Crippen LogP contribution in [-0.2, 0) is 6.18 Å². The monoisotopic (exact) mass is 274 g/mol. The lowest BCUT2D eigenvalue weighted by molar-refractivity contribution is -0.137. The van der Waals surface area contributed by atoms with E-state index in [4.69, 9.17) is 0 Å². The fraction of sp³-hybridized carbons (Fsp3) is 0.643. The molecule has 1 atom stereocenters. The number of hydrogen-bond acceptors (Lipinski definition) is 2. The molecule has 0 saturated carbocycles. The zero-order valence-electron chi connectivity index (χ0n) is 11.4. The SMILES string of the molecule is CCCCCCC(C)Nc1cc(C(F)(F)F)ccn1. The largest absolute Gasteiger partial charge is 0.416 e. The number of anilines is 1. The van der Waals surface area contributed by atoms with Crippen molar-refractivity contribution in [3.63, 3.8) is 0 Å². The maximum absolute atomic E-state index is 12.5. The van der Waals surface area contributed by atoms with Crippen LogP contribution in [-0.4, -0.2) is 11.0 Å². The van der Waals surface area contributed by atoms with E-state index in [2.05, 4.69) is 17.2 Å². The van der Waals surface area contributed by atoms with E-state index in [0.29, 0.717) is 0 Å². The Morgan fingerprint density at radius 3 is 2.63 bits per heavy atom. The van der Waals surface area contributed by atoms with Gasteiger partial charge in [-0.2, -0.15) is 13.2 Å². The first-order valence-electron chi connectivity index (χ1n) is 6.73. The van der Waals surface area contributed by atoms with Crippen molar-refractivity contribution in [2.45, 2.75) is 58.2 Å². The molecule has 2 nitrogen and oxygen atoms in total. The van der Waals surface area contributed by atoms with Crippen molar-refractivity contribution >= 4 is 5.82 Å². The van der Waals surface area contributed by atoms with Crippen molar-refractivity contribution < 1.29 is 13.2 Å². The van der Waals surface area contributed by atoms with Gasteiger partial charge in [0.2, 0.25) is 0 Å². The van der Waals surface area contributed by atoms with Crippen molar-refractivity contribution in [2.75, 3.05) is 5.32 Å². The fourth-order valence-corrected chi connectivity index (χ4v) is 1.89. The topological polar surface area (TPSA) is 24.9 Å². The third kappa shape index (κ3) is 5.94. The second-order valence-corrected chi connectivity index (χ2v) is 4.82. The first-order valence-corrected chi connectivity index (χ1v) is 6.73. The summed E-state index contributed by atoms with van der Waals surface area (Å²) >= 11 is 0. The fourth-order valence-electron chi connectivity index (χ4n) is 1.89. The number of unbranched alkanes of at least 4 members (excludes halogenated alkanes) is 3. The van der Waals surface area contributed by atoms with Gasteiger partial charge in [0.15, 0.2) is 0 Å². The van der Waals surface area contributed by atoms with E-state index in [1.165, 1.54) is 25.5 Å². The number of hydrogen-bond donors (Lipinski definition) is 1. The minimum absolute atomic E-state index is 0.132. The highest BCUT2D eigenvalue weighted by Gasteiger charge is 2.30. The lowest BCUT2D eigenvalue weighted by Crippen LogP contribution is -2.16. The molecule has 1 heterocycles. The lowest BCUT2D eigenvalue weighted by Gasteiger charge is -2.15. The maximum atomic E-state index is 12.5. The van der Waals surface area contributed by atoms with E-state index >= 15 is 0 Å². The van der Waals surface area contributed by atoms with Gasteiger partial charge in [-0.3, -0.25) is 0 Å². The molecule has 0 aromatic carbocycles. The number of aromatic nitrogens is 1. The molecule has 0 radical (unpaired) electrons. The van der Waals surface area contributed by atoms with Crippen LogP contribution in [0.25, 0.3) is 0 Å². The normalized spacial score (nSPS) is 13.3. The van der Waals surface area contributed by atoms with Gasteiger partial charge in [0.05, 0.1) is 5.56 Å². The number of rotatable bonds is 7. The summed E-state index contributed by atoms with van der Waals surface area (Å²) in [6, 6.07) is 2.17. The van der Waals surface area contributed by atoms with Gasteiger partial charge in [0.25, 0.3) is 0 Å². The molecule has 1 aromatic rings. The molecular formula is C14H21F3N2. The first-order chi connectivity index (χ1) is 8.93. The van der Waals surface area contributed by atoms with Gasteiger partial charge in [-0.15, -0.1) is 0 Å². The maximum Gasteiger partial charge on any atom is 0.416 e. The van der Waals surface area contributed by atoms with Crippen molar-refractivity contribution in [2.24, 2.45) is 0 Å². The van der Waals surface area contributed by atoms with Crippen molar-refractivity contribution in [3.8, 4) is 0 Å². The van der Waals surface area contributed by atoms with Crippen molar-refractivity contribution in [1.82, 2.24) is 4.98 Å². The quantitative estimate of drug-likeness (QED) is 0.717. The summed E-state index contributed by atoms with van der Waals surface area (Å²) in [6.07, 6.45) is 2.45. The van der Waals surface area contributed by atoms with E-state index < -0.39 is 11.7 Å². The van der Waals surface area contributed by atoms with E-state index in [0.717, 1.165) is 25.0 Å². The molecule has 19 heavy (non-hydrogen) atoms. The summed E-state index contributed by atoms with van der Waals surface area (Å²) in [7, 11) is 0. The standard InChI is InChI=1S/C14H21F3N2/c1-3-4-5-6-7-11(2)19-13-10-12(8-9-18-13)14(15,16)17/h8-11H,3-7H2,1-2H3,(H,18,19). The Morgan fingerprint density at radius 1 is 1.26 bits per heavy atom. The Balaban J connectivity index is 2.48. The number of alkyl halides is 3. The average Bonchev–Trinajstić information content (AvgIpc) is 2.34. The van der Waals surface area contributed by atoms with Crippen LogP contribution in [0.15, 0.2) is 18.3 Å². The second-order valence-electron chi connectivity index (χ2n) is 4.82. The van der Waals surface area contributed by atoms with Crippen LogP contribution in [0.3, 0.4) is 0 Å². The molecule has 0 spiro atoms. The summed E-state index contributed by atoms with van der Waals surface area (Å²) in [5, 5.41) is 3.02. The summed E-state index contributed by atoms with van der Waals surface area (Å²) < 4.78 is 37.6. The van der Waals surface area contributed by atoms with Crippen LogP contribution in [0.2, 0.25) is 0 Å². The van der Waals surface area contributed by atoms with Crippen LogP contribution in [0, 0.1) is 0 Å². The Morgan fingerprint density at radius 2 is 2.00 bits per heavy atom. The molecular weight excluding hydrogens is 253 g/mol. The number of nitrogens with zero attached hydrogens (tertiary/aromatic N) is 1. The Labute approximate surface area is 112 Å². The van der Waals surface area contributed by atoms with Gasteiger partial charge in [-0.05, 0) is 25.5 Å². The van der Waals surface area contributed by atoms with Gasteiger partial charge in [-0.1, -0.05) is 32.6 Å². The summed E-state index contributed by atoms with van der Waals surface area (Å²) in [5.74, 6) is 0.290. The lowest BCUT2D eigenvalue weighted by atomic mass is 10.1. The van der Waals surface area contributed by atoms with Crippen molar-refractivity contribution in [1.29, 1.82) is 0 Å². The summed E-state index contributed by atoms with van der Waals surface area (Å²) in [6.45, 7) is 4.11. The molecule has 1 N–H and O–H groups in total. The predicted molar refractivity (Wildman–Crippen MR) is 71.1 cm³/mol. The van der Waals surface area contributed by atoms with Gasteiger partial charge < -0.3 is 5.32 Å². The molecule has 1 aromatic heterocycles. The van der Waals surface area contributed by atoms with Crippen LogP contribution in [0.5, 0.6) is 0 Å². The smallest absolute Gasteiger partial charge is 0.368 e. The first kappa shape index (κ1) is 15.8. The molecule has 0 saturated heterocycles. The molecule has 0 aliphatic heterocycles. The van der Waals surface area contributed by atoms with E-state index in [1.807, 2.05) is 6.92 Å². The van der Waals surface area contributed by atoms with Crippen molar-refractivity contribution in [3.05, 3.63) is 23.9 Å². The highest BCUT2D eigenvalue weighted by atomic mass is 19.4. The van der Waals surface area contributed by atoms with Gasteiger partial charge in [-0.25, -0.2) is 4.98 Å². The summed E-state index contributed by atoms with van der Waals surface area (Å²) in [4.78, 5) is 3.93. The molecule has 1 unspecified atom stereocenters. The molecule has 0 aliphatic carbocycles. The Kier molecular flexibility index (Phi) is 6.12. The molecule has 0 fully saturated rings. The molecule has 0 bridgehead atoms. The molecule has 0 aliphatic rings. The minimum Gasteiger partial charge on any atom is -0.368 e. The minimum atomic E-state index is -4.32. The molecule has 1 rings (SSSR count). The average molecular weight is 274 g/mol. The third-order valence-electron chi connectivity index (χ3n) is 2.97. The Bertz CT molecular complexity index is 377. The van der Waals surface area contributed by atoms with Crippen LogP contribution in [0.1, 0.15) is 51.5 Å². The van der Waals surface area contributed by atoms with Gasteiger partial charge in [0.1, 0.15) is 5.82 Å². The summed E-state index contributed by atoms with van der Waals surface area (Å²) in [5.41, 5.74) is -0.664. The van der Waals surface area contributed by atoms with E-state index in [9.17, 15) is 13.2 Å². The molecule has 108 valence electrons. The highest BCUT2D eigenvalue weighted by Crippen LogP contribution is 2.30. The molecule has 5 heteroatoms. The van der Waals surface area contributed by atoms with E-state index in [-0.39, 0.29) is 11.9 Å². The van der Waals surface area contributed by atoms with E-state index in [1.54, 1.807) is 0 Å². The van der Waals surface area contributed by atoms with Gasteiger partial charge >= 0.3 is 6.18 Å². The van der Waals surface area contributed by atoms with Crippen LogP contribution >= 0.6 is 0 Å². The predicted octanol–water partition coefficient (Wildman–Crippen LogP) is 4.87. The zero-order valence-corrected chi connectivity index (χ0v) is 11.4. The number of nitrogens with one attached hydrogen (secondary N) is 1. The number of halogens is 3.